The predicted octanol–water partition coefficient (Wildman–Crippen LogP) is 2.90. The number of anilines is 1. The predicted molar refractivity (Wildman–Crippen MR) is 72.8 cm³/mol. The maximum atomic E-state index is 11.2. The minimum absolute atomic E-state index is 0.131. The Hall–Kier alpha value is -1.26. The van der Waals surface area contributed by atoms with Crippen molar-refractivity contribution in [2.75, 3.05) is 25.1 Å². The van der Waals surface area contributed by atoms with Crippen molar-refractivity contribution in [2.24, 2.45) is 0 Å². The number of halogens is 1. The molecule has 0 saturated carbocycles. The van der Waals surface area contributed by atoms with E-state index in [9.17, 15) is 4.79 Å². The van der Waals surface area contributed by atoms with Gasteiger partial charge < -0.3 is 14.7 Å². The van der Waals surface area contributed by atoms with Gasteiger partial charge in [-0.15, -0.1) is 0 Å². The Kier molecular flexibility index (Phi) is 5.44. The van der Waals surface area contributed by atoms with E-state index in [0.29, 0.717) is 18.8 Å². The van der Waals surface area contributed by atoms with Crippen molar-refractivity contribution >= 4 is 23.3 Å². The summed E-state index contributed by atoms with van der Waals surface area (Å²) in [5, 5.41) is 9.41. The standard InChI is InChI=1S/C13H18ClNO3/c1-9(2)18-8-7-15(3)11-6-4-5-10(14)12(11)13(16)17/h4-6,9H,7-8H2,1-3H3,(H,16,17). The number of carboxylic acids is 1. The number of benzene rings is 1. The topological polar surface area (TPSA) is 49.8 Å². The molecule has 100 valence electrons. The van der Waals surface area contributed by atoms with E-state index in [1.165, 1.54) is 0 Å². The Morgan fingerprint density at radius 1 is 1.50 bits per heavy atom. The van der Waals surface area contributed by atoms with E-state index in [2.05, 4.69) is 0 Å². The van der Waals surface area contributed by atoms with E-state index in [0.717, 1.165) is 0 Å². The van der Waals surface area contributed by atoms with Gasteiger partial charge in [-0.25, -0.2) is 4.79 Å². The van der Waals surface area contributed by atoms with E-state index >= 15 is 0 Å². The fourth-order valence-corrected chi connectivity index (χ4v) is 1.84. The molecular formula is C13H18ClNO3. The lowest BCUT2D eigenvalue weighted by molar-refractivity contribution is 0.0696. The van der Waals surface area contributed by atoms with Crippen molar-refractivity contribution in [1.29, 1.82) is 0 Å². The third kappa shape index (κ3) is 3.89. The third-order valence-corrected chi connectivity index (χ3v) is 2.81. The molecule has 0 atom stereocenters. The summed E-state index contributed by atoms with van der Waals surface area (Å²) >= 11 is 5.91. The molecule has 0 heterocycles. The number of hydrogen-bond acceptors (Lipinski definition) is 3. The number of rotatable bonds is 6. The van der Waals surface area contributed by atoms with Crippen molar-refractivity contribution in [3.63, 3.8) is 0 Å². The van der Waals surface area contributed by atoms with Crippen LogP contribution in [0.5, 0.6) is 0 Å². The number of carbonyl (C=O) groups is 1. The van der Waals surface area contributed by atoms with Crippen molar-refractivity contribution in [3.05, 3.63) is 28.8 Å². The average molecular weight is 272 g/mol. The molecule has 0 aromatic heterocycles. The first-order valence-corrected chi connectivity index (χ1v) is 6.15. The van der Waals surface area contributed by atoms with E-state index in [4.69, 9.17) is 21.4 Å². The SMILES string of the molecule is CC(C)OCCN(C)c1cccc(Cl)c1C(=O)O. The lowest BCUT2D eigenvalue weighted by Crippen LogP contribution is -2.25. The highest BCUT2D eigenvalue weighted by molar-refractivity contribution is 6.34. The van der Waals surface area contributed by atoms with Crippen LogP contribution in [0.1, 0.15) is 24.2 Å². The summed E-state index contributed by atoms with van der Waals surface area (Å²) in [6.07, 6.45) is 0.164. The number of hydrogen-bond donors (Lipinski definition) is 1. The molecule has 1 aromatic carbocycles. The van der Waals surface area contributed by atoms with Crippen LogP contribution in [0.4, 0.5) is 5.69 Å². The highest BCUT2D eigenvalue weighted by Crippen LogP contribution is 2.26. The third-order valence-electron chi connectivity index (χ3n) is 2.49. The normalized spacial score (nSPS) is 10.7. The van der Waals surface area contributed by atoms with Gasteiger partial charge in [0.1, 0.15) is 5.56 Å². The molecule has 0 saturated heterocycles. The van der Waals surface area contributed by atoms with Gasteiger partial charge in [-0.05, 0) is 26.0 Å². The molecule has 1 aromatic rings. The lowest BCUT2D eigenvalue weighted by Gasteiger charge is -2.22. The maximum absolute atomic E-state index is 11.2. The number of aromatic carboxylic acids is 1. The van der Waals surface area contributed by atoms with Crippen LogP contribution < -0.4 is 4.90 Å². The van der Waals surface area contributed by atoms with Crippen molar-refractivity contribution in [1.82, 2.24) is 0 Å². The molecule has 1 N–H and O–H groups in total. The van der Waals surface area contributed by atoms with Gasteiger partial charge in [0.05, 0.1) is 23.4 Å². The van der Waals surface area contributed by atoms with Crippen molar-refractivity contribution in [3.8, 4) is 0 Å². The van der Waals surface area contributed by atoms with Crippen molar-refractivity contribution in [2.45, 2.75) is 20.0 Å². The molecule has 4 nitrogen and oxygen atoms in total. The van der Waals surface area contributed by atoms with Gasteiger partial charge in [-0.2, -0.15) is 0 Å². The zero-order chi connectivity index (χ0) is 13.7. The number of likely N-dealkylation sites (N-methyl/N-ethyl adjacent to an activating group) is 1. The molecule has 0 unspecified atom stereocenters. The summed E-state index contributed by atoms with van der Waals surface area (Å²) in [6, 6.07) is 5.06. The molecule has 0 amide bonds. The Morgan fingerprint density at radius 2 is 2.17 bits per heavy atom. The van der Waals surface area contributed by atoms with Crippen molar-refractivity contribution < 1.29 is 14.6 Å². The minimum Gasteiger partial charge on any atom is -0.478 e. The van der Waals surface area contributed by atoms with E-state index in [1.54, 1.807) is 18.2 Å². The number of carboxylic acid groups (broad SMARTS) is 1. The zero-order valence-corrected chi connectivity index (χ0v) is 11.6. The minimum atomic E-state index is -1.02. The summed E-state index contributed by atoms with van der Waals surface area (Å²) < 4.78 is 5.44. The van der Waals surface area contributed by atoms with E-state index < -0.39 is 5.97 Å². The first-order valence-electron chi connectivity index (χ1n) is 5.78. The summed E-state index contributed by atoms with van der Waals surface area (Å²) in [6.45, 7) is 5.07. The molecule has 18 heavy (non-hydrogen) atoms. The van der Waals surface area contributed by atoms with Crippen LogP contribution in [0, 0.1) is 0 Å². The van der Waals surface area contributed by atoms with Crippen LogP contribution in [-0.2, 0) is 4.74 Å². The second-order valence-electron chi connectivity index (χ2n) is 4.28. The van der Waals surface area contributed by atoms with Gasteiger partial charge in [-0.1, -0.05) is 17.7 Å². The van der Waals surface area contributed by atoms with E-state index in [-0.39, 0.29) is 16.7 Å². The fraction of sp³-hybridized carbons (Fsp3) is 0.462. The van der Waals surface area contributed by atoms with Crippen LogP contribution >= 0.6 is 11.6 Å². The maximum Gasteiger partial charge on any atom is 0.339 e. The summed E-state index contributed by atoms with van der Waals surface area (Å²) in [4.78, 5) is 13.0. The lowest BCUT2D eigenvalue weighted by atomic mass is 10.1. The highest BCUT2D eigenvalue weighted by Gasteiger charge is 2.16. The number of nitrogens with zero attached hydrogens (tertiary/aromatic N) is 1. The summed E-state index contributed by atoms with van der Waals surface area (Å²) in [5.74, 6) is -1.02. The summed E-state index contributed by atoms with van der Waals surface area (Å²) in [7, 11) is 1.82. The largest absolute Gasteiger partial charge is 0.478 e. The average Bonchev–Trinajstić information content (AvgIpc) is 2.27. The number of ether oxygens (including phenoxy) is 1. The summed E-state index contributed by atoms with van der Waals surface area (Å²) in [5.41, 5.74) is 0.730. The van der Waals surface area contributed by atoms with Crippen LogP contribution in [0.25, 0.3) is 0 Å². The van der Waals surface area contributed by atoms with Gasteiger partial charge in [0.15, 0.2) is 0 Å². The Labute approximate surface area is 112 Å². The Bertz CT molecular complexity index is 421. The molecule has 0 aliphatic rings. The molecular weight excluding hydrogens is 254 g/mol. The van der Waals surface area contributed by atoms with Crippen LogP contribution in [0.2, 0.25) is 5.02 Å². The molecule has 1 rings (SSSR count). The molecule has 0 radical (unpaired) electrons. The second kappa shape index (κ2) is 6.61. The first kappa shape index (κ1) is 14.8. The molecule has 0 spiro atoms. The Balaban J connectivity index is 2.82. The molecule has 0 aliphatic heterocycles. The zero-order valence-electron chi connectivity index (χ0n) is 10.8. The molecule has 0 aliphatic carbocycles. The fourth-order valence-electron chi connectivity index (χ4n) is 1.59. The van der Waals surface area contributed by atoms with Crippen LogP contribution in [-0.4, -0.2) is 37.4 Å². The van der Waals surface area contributed by atoms with Gasteiger partial charge in [-0.3, -0.25) is 0 Å². The van der Waals surface area contributed by atoms with Crippen LogP contribution in [0.3, 0.4) is 0 Å². The van der Waals surface area contributed by atoms with Gasteiger partial charge in [0.25, 0.3) is 0 Å². The van der Waals surface area contributed by atoms with E-state index in [1.807, 2.05) is 25.8 Å². The second-order valence-corrected chi connectivity index (χ2v) is 4.69. The molecule has 5 heteroatoms. The Morgan fingerprint density at radius 3 is 2.72 bits per heavy atom. The smallest absolute Gasteiger partial charge is 0.339 e. The van der Waals surface area contributed by atoms with Crippen LogP contribution in [0.15, 0.2) is 18.2 Å². The van der Waals surface area contributed by atoms with Gasteiger partial charge in [0, 0.05) is 13.6 Å². The highest BCUT2D eigenvalue weighted by atomic mass is 35.5. The molecule has 0 bridgehead atoms. The quantitative estimate of drug-likeness (QED) is 0.864. The first-order chi connectivity index (χ1) is 8.43. The monoisotopic (exact) mass is 271 g/mol. The van der Waals surface area contributed by atoms with Gasteiger partial charge >= 0.3 is 5.97 Å². The molecule has 0 fully saturated rings. The van der Waals surface area contributed by atoms with Gasteiger partial charge in [0.2, 0.25) is 0 Å².